The Labute approximate surface area is 167 Å². The number of carbonyl (C=O) groups is 2. The largest absolute Gasteiger partial charge is 0.478 e. The molecule has 5 aliphatic rings. The molecule has 0 aromatic rings. The van der Waals surface area contributed by atoms with Gasteiger partial charge in [-0.25, -0.2) is 4.79 Å². The molecule has 0 spiro atoms. The van der Waals surface area contributed by atoms with Gasteiger partial charge in [-0.1, -0.05) is 25.8 Å². The third-order valence-electron chi connectivity index (χ3n) is 9.51. The Kier molecular flexibility index (Phi) is 4.01. The monoisotopic (exact) mass is 384 g/mol. The molecule has 4 nitrogen and oxygen atoms in total. The highest BCUT2D eigenvalue weighted by atomic mass is 16.4. The lowest BCUT2D eigenvalue weighted by Gasteiger charge is -2.59. The van der Waals surface area contributed by atoms with E-state index < -0.39 is 11.6 Å². The average molecular weight is 385 g/mol. The van der Waals surface area contributed by atoms with Crippen molar-refractivity contribution >= 4 is 11.8 Å². The molecule has 4 fully saturated rings. The molecule has 5 aliphatic carbocycles. The first-order valence-electron chi connectivity index (χ1n) is 11.2. The molecule has 0 aromatic heterocycles. The zero-order valence-electron chi connectivity index (χ0n) is 16.9. The molecule has 0 aromatic carbocycles. The van der Waals surface area contributed by atoms with E-state index in [9.17, 15) is 14.7 Å². The second-order valence-electron chi connectivity index (χ2n) is 10.4. The van der Waals surface area contributed by atoms with E-state index >= 15 is 0 Å². The maximum atomic E-state index is 12.0. The number of carboxylic acid groups (broad SMARTS) is 1. The zero-order chi connectivity index (χ0) is 19.8. The lowest BCUT2D eigenvalue weighted by Crippen LogP contribution is -2.56. The van der Waals surface area contributed by atoms with Crippen LogP contribution in [0.2, 0.25) is 0 Å². The first-order chi connectivity index (χ1) is 13.3. The minimum atomic E-state index is -0.984. The van der Waals surface area contributed by atoms with Crippen molar-refractivity contribution in [1.29, 1.82) is 0 Å². The Morgan fingerprint density at radius 1 is 1.32 bits per heavy atom. The topological polar surface area (TPSA) is 74.6 Å². The van der Waals surface area contributed by atoms with Crippen molar-refractivity contribution in [2.75, 3.05) is 0 Å². The number of aliphatic carboxylic acids is 1. The molecule has 4 heteroatoms. The first-order valence-corrected chi connectivity index (χ1v) is 11.2. The molecule has 0 unspecified atom stereocenters. The standard InChI is InChI=1S/C24H32O4/c1-3-13-10-14-11-15(25)4-5-16(14)17-6-8-23(2)22(21(13)17)18-12-19(18)24(23,28)9-7-20(26)27/h7,9,11,13,16-19,21-22,28H,3-6,8,10,12H2,1-2H3,(H,26,27)/b9-7-/t13-,16+,17-,18+,19-,21-,22+,23+,24+/m1/s1. The van der Waals surface area contributed by atoms with Crippen LogP contribution in [0.4, 0.5) is 0 Å². The van der Waals surface area contributed by atoms with Crippen LogP contribution in [-0.2, 0) is 9.59 Å². The van der Waals surface area contributed by atoms with Gasteiger partial charge in [0.15, 0.2) is 5.78 Å². The number of fused-ring (bicyclic) bond motifs is 7. The minimum Gasteiger partial charge on any atom is -0.478 e. The van der Waals surface area contributed by atoms with Crippen LogP contribution in [0.1, 0.15) is 58.8 Å². The summed E-state index contributed by atoms with van der Waals surface area (Å²) in [6.45, 7) is 4.50. The molecule has 0 heterocycles. The number of hydrogen-bond acceptors (Lipinski definition) is 3. The summed E-state index contributed by atoms with van der Waals surface area (Å²) in [5.41, 5.74) is 0.189. The summed E-state index contributed by atoms with van der Waals surface area (Å²) in [7, 11) is 0. The molecule has 0 bridgehead atoms. The Bertz CT molecular complexity index is 781. The zero-order valence-corrected chi connectivity index (χ0v) is 16.9. The van der Waals surface area contributed by atoms with E-state index in [2.05, 4.69) is 13.8 Å². The highest BCUT2D eigenvalue weighted by Gasteiger charge is 2.75. The van der Waals surface area contributed by atoms with Crippen LogP contribution in [-0.4, -0.2) is 27.6 Å². The summed E-state index contributed by atoms with van der Waals surface area (Å²) in [6.07, 6.45) is 11.7. The Morgan fingerprint density at radius 2 is 2.11 bits per heavy atom. The van der Waals surface area contributed by atoms with Crippen molar-refractivity contribution in [2.24, 2.45) is 46.8 Å². The van der Waals surface area contributed by atoms with Gasteiger partial charge in [0, 0.05) is 17.9 Å². The van der Waals surface area contributed by atoms with E-state index in [0.29, 0.717) is 47.7 Å². The highest BCUT2D eigenvalue weighted by molar-refractivity contribution is 5.91. The highest BCUT2D eigenvalue weighted by Crippen LogP contribution is 2.76. The molecule has 0 radical (unpaired) electrons. The molecule has 2 N–H and O–H groups in total. The van der Waals surface area contributed by atoms with E-state index in [1.165, 1.54) is 11.6 Å². The van der Waals surface area contributed by atoms with Crippen LogP contribution in [0.25, 0.3) is 0 Å². The number of rotatable bonds is 3. The van der Waals surface area contributed by atoms with E-state index in [0.717, 1.165) is 38.5 Å². The second kappa shape index (κ2) is 6.04. The average Bonchev–Trinajstić information content (AvgIpc) is 3.42. The lowest BCUT2D eigenvalue weighted by atomic mass is 9.46. The SMILES string of the molecule is CC[C@@H]1CC2=CC(=O)CC[C@@H]2[C@H]2CC[C@@]3(C)[C@@H]([C@H]4C[C@H]4[C@@]3(O)/C=C\C(=O)O)[C@H]12. The Hall–Kier alpha value is -1.42. The lowest BCUT2D eigenvalue weighted by molar-refractivity contribution is -0.134. The molecular formula is C24H32O4. The molecule has 9 atom stereocenters. The van der Waals surface area contributed by atoms with Crippen LogP contribution in [0.3, 0.4) is 0 Å². The van der Waals surface area contributed by atoms with Gasteiger partial charge < -0.3 is 10.2 Å². The molecule has 0 saturated heterocycles. The number of aliphatic hydroxyl groups is 1. The molecule has 152 valence electrons. The predicted molar refractivity (Wildman–Crippen MR) is 105 cm³/mol. The molecule has 0 aliphatic heterocycles. The van der Waals surface area contributed by atoms with Crippen molar-refractivity contribution in [1.82, 2.24) is 0 Å². The molecular weight excluding hydrogens is 352 g/mol. The molecule has 28 heavy (non-hydrogen) atoms. The van der Waals surface area contributed by atoms with Crippen LogP contribution in [0, 0.1) is 46.8 Å². The van der Waals surface area contributed by atoms with Gasteiger partial charge in [0.1, 0.15) is 0 Å². The number of carboxylic acids is 1. The van der Waals surface area contributed by atoms with E-state index in [4.69, 9.17) is 5.11 Å². The van der Waals surface area contributed by atoms with Gasteiger partial charge in [0.25, 0.3) is 0 Å². The van der Waals surface area contributed by atoms with Gasteiger partial charge in [0.2, 0.25) is 0 Å². The minimum absolute atomic E-state index is 0.222. The summed E-state index contributed by atoms with van der Waals surface area (Å²) in [5, 5.41) is 20.9. The van der Waals surface area contributed by atoms with Gasteiger partial charge in [-0.15, -0.1) is 0 Å². The van der Waals surface area contributed by atoms with Crippen LogP contribution in [0.15, 0.2) is 23.8 Å². The van der Waals surface area contributed by atoms with Gasteiger partial charge in [0.05, 0.1) is 5.60 Å². The van der Waals surface area contributed by atoms with E-state index in [1.54, 1.807) is 6.08 Å². The van der Waals surface area contributed by atoms with Crippen molar-refractivity contribution in [3.63, 3.8) is 0 Å². The van der Waals surface area contributed by atoms with Crippen molar-refractivity contribution in [3.05, 3.63) is 23.8 Å². The van der Waals surface area contributed by atoms with Crippen LogP contribution < -0.4 is 0 Å². The van der Waals surface area contributed by atoms with Crippen LogP contribution >= 0.6 is 0 Å². The summed E-state index contributed by atoms with van der Waals surface area (Å²) in [6, 6.07) is 0. The maximum absolute atomic E-state index is 12.0. The molecule has 4 saturated carbocycles. The summed E-state index contributed by atoms with van der Waals surface area (Å²) < 4.78 is 0. The summed E-state index contributed by atoms with van der Waals surface area (Å²) in [4.78, 5) is 23.2. The van der Waals surface area contributed by atoms with E-state index in [-0.39, 0.29) is 11.3 Å². The van der Waals surface area contributed by atoms with Gasteiger partial charge in [-0.2, -0.15) is 0 Å². The van der Waals surface area contributed by atoms with Gasteiger partial charge >= 0.3 is 5.97 Å². The van der Waals surface area contributed by atoms with E-state index in [1.807, 2.05) is 6.08 Å². The third-order valence-corrected chi connectivity index (χ3v) is 9.51. The smallest absolute Gasteiger partial charge is 0.328 e. The van der Waals surface area contributed by atoms with Crippen molar-refractivity contribution in [3.8, 4) is 0 Å². The van der Waals surface area contributed by atoms with Crippen LogP contribution in [0.5, 0.6) is 0 Å². The first kappa shape index (κ1) is 18.6. The fourth-order valence-electron chi connectivity index (χ4n) is 8.33. The predicted octanol–water partition coefficient (Wildman–Crippen LogP) is 3.99. The van der Waals surface area contributed by atoms with Gasteiger partial charge in [-0.05, 0) is 85.7 Å². The number of ketones is 1. The van der Waals surface area contributed by atoms with Crippen molar-refractivity contribution in [2.45, 2.75) is 64.4 Å². The third kappa shape index (κ3) is 2.33. The molecule has 0 amide bonds. The maximum Gasteiger partial charge on any atom is 0.328 e. The molecule has 5 rings (SSSR count). The Balaban J connectivity index is 1.53. The Morgan fingerprint density at radius 3 is 2.82 bits per heavy atom. The quantitative estimate of drug-likeness (QED) is 0.722. The fraction of sp³-hybridized carbons (Fsp3) is 0.750. The number of carbonyl (C=O) groups excluding carboxylic acids is 1. The number of hydrogen-bond donors (Lipinski definition) is 2. The summed E-state index contributed by atoms with van der Waals surface area (Å²) >= 11 is 0. The van der Waals surface area contributed by atoms with Crippen molar-refractivity contribution < 1.29 is 19.8 Å². The fourth-order valence-corrected chi connectivity index (χ4v) is 8.33. The normalized spacial score (nSPS) is 51.8. The second-order valence-corrected chi connectivity index (χ2v) is 10.4. The summed E-state index contributed by atoms with van der Waals surface area (Å²) in [5.74, 6) is 2.91. The van der Waals surface area contributed by atoms with Gasteiger partial charge in [-0.3, -0.25) is 4.79 Å². The number of allylic oxidation sites excluding steroid dienone is 1.